The van der Waals surface area contributed by atoms with E-state index in [0.717, 1.165) is 32.1 Å². The molecule has 0 atom stereocenters. The number of amides is 1. The summed E-state index contributed by atoms with van der Waals surface area (Å²) in [5, 5.41) is 0. The lowest BCUT2D eigenvalue weighted by Crippen LogP contribution is -2.50. The highest BCUT2D eigenvalue weighted by molar-refractivity contribution is 5.77. The first-order valence-corrected chi connectivity index (χ1v) is 6.87. The Hall–Kier alpha value is -1.52. The predicted molar refractivity (Wildman–Crippen MR) is 76.1 cm³/mol. The van der Waals surface area contributed by atoms with Gasteiger partial charge < -0.3 is 14.4 Å². The zero-order valence-electron chi connectivity index (χ0n) is 12.4. The number of carbonyl (C=O) groups is 1. The minimum absolute atomic E-state index is 0.0634. The highest BCUT2D eigenvalue weighted by Crippen LogP contribution is 2.21. The highest BCUT2D eigenvalue weighted by atomic mass is 16.2. The second-order valence-electron chi connectivity index (χ2n) is 6.44. The molecule has 1 fully saturated rings. The van der Waals surface area contributed by atoms with Crippen LogP contribution in [0.2, 0.25) is 0 Å². The first-order valence-electron chi connectivity index (χ1n) is 6.87. The number of piperazine rings is 1. The van der Waals surface area contributed by atoms with Crippen LogP contribution in [-0.2, 0) is 11.8 Å². The van der Waals surface area contributed by atoms with Crippen LogP contribution in [0.5, 0.6) is 0 Å². The largest absolute Gasteiger partial charge is 0.339 e. The highest BCUT2D eigenvalue weighted by Gasteiger charge is 2.25. The molecule has 0 radical (unpaired) electrons. The second-order valence-corrected chi connectivity index (χ2v) is 6.44. The fourth-order valence-corrected chi connectivity index (χ4v) is 2.38. The Morgan fingerprint density at radius 3 is 2.37 bits per heavy atom. The molecule has 0 unspecified atom stereocenters. The summed E-state index contributed by atoms with van der Waals surface area (Å²) in [5.41, 5.74) is 0.0634. The summed E-state index contributed by atoms with van der Waals surface area (Å²) in [4.78, 5) is 20.7. The van der Waals surface area contributed by atoms with E-state index in [-0.39, 0.29) is 11.3 Å². The molecule has 19 heavy (non-hydrogen) atoms. The van der Waals surface area contributed by atoms with Gasteiger partial charge in [0, 0.05) is 52.0 Å². The number of carbonyl (C=O) groups excluding carboxylic acids is 1. The van der Waals surface area contributed by atoms with Gasteiger partial charge in [0.15, 0.2) is 0 Å². The van der Waals surface area contributed by atoms with Crippen molar-refractivity contribution in [1.82, 2.24) is 14.5 Å². The maximum Gasteiger partial charge on any atom is 0.223 e. The van der Waals surface area contributed by atoms with Crippen molar-refractivity contribution < 1.29 is 4.79 Å². The van der Waals surface area contributed by atoms with Gasteiger partial charge in [-0.2, -0.15) is 0 Å². The number of rotatable bonds is 2. The second kappa shape index (κ2) is 5.23. The lowest BCUT2D eigenvalue weighted by atomic mass is 9.91. The molecule has 2 rings (SSSR count). The quantitative estimate of drug-likeness (QED) is 0.813. The van der Waals surface area contributed by atoms with Crippen molar-refractivity contribution in [2.45, 2.75) is 27.2 Å². The molecular weight excluding hydrogens is 240 g/mol. The Morgan fingerprint density at radius 2 is 1.89 bits per heavy atom. The van der Waals surface area contributed by atoms with E-state index in [9.17, 15) is 4.79 Å². The Labute approximate surface area is 115 Å². The van der Waals surface area contributed by atoms with E-state index in [2.05, 4.69) is 30.7 Å². The molecule has 106 valence electrons. The van der Waals surface area contributed by atoms with E-state index in [1.54, 1.807) is 0 Å². The van der Waals surface area contributed by atoms with Crippen molar-refractivity contribution in [2.24, 2.45) is 12.5 Å². The van der Waals surface area contributed by atoms with E-state index in [1.807, 2.05) is 28.9 Å². The average molecular weight is 264 g/mol. The summed E-state index contributed by atoms with van der Waals surface area (Å²) in [5.74, 6) is 1.26. The van der Waals surface area contributed by atoms with Gasteiger partial charge in [-0.3, -0.25) is 4.79 Å². The average Bonchev–Trinajstić information content (AvgIpc) is 2.73. The lowest BCUT2D eigenvalue weighted by Gasteiger charge is -2.36. The van der Waals surface area contributed by atoms with E-state index >= 15 is 0 Å². The number of nitrogens with zero attached hydrogens (tertiary/aromatic N) is 4. The molecule has 1 aromatic heterocycles. The van der Waals surface area contributed by atoms with Crippen LogP contribution in [0.15, 0.2) is 12.4 Å². The first-order chi connectivity index (χ1) is 8.87. The fourth-order valence-electron chi connectivity index (χ4n) is 2.38. The van der Waals surface area contributed by atoms with Crippen LogP contribution in [-0.4, -0.2) is 46.5 Å². The maximum absolute atomic E-state index is 12.2. The molecule has 2 heterocycles. The predicted octanol–water partition coefficient (Wildman–Crippen LogP) is 1.50. The Balaban J connectivity index is 1.89. The van der Waals surface area contributed by atoms with Crippen LogP contribution >= 0.6 is 0 Å². The third-order valence-electron chi connectivity index (χ3n) is 3.39. The molecule has 1 aliphatic rings. The summed E-state index contributed by atoms with van der Waals surface area (Å²) in [6, 6.07) is 0. The van der Waals surface area contributed by atoms with Gasteiger partial charge in [-0.05, 0) is 5.41 Å². The van der Waals surface area contributed by atoms with Crippen molar-refractivity contribution in [2.75, 3.05) is 31.1 Å². The van der Waals surface area contributed by atoms with Gasteiger partial charge in [0.25, 0.3) is 0 Å². The van der Waals surface area contributed by atoms with Crippen LogP contribution in [0.25, 0.3) is 0 Å². The minimum atomic E-state index is 0.0634. The van der Waals surface area contributed by atoms with Crippen molar-refractivity contribution in [3.05, 3.63) is 12.4 Å². The molecular formula is C14H24N4O. The molecule has 0 N–H and O–H groups in total. The normalized spacial score (nSPS) is 16.8. The van der Waals surface area contributed by atoms with Crippen LogP contribution < -0.4 is 4.90 Å². The lowest BCUT2D eigenvalue weighted by molar-refractivity contribution is -0.133. The molecule has 1 aliphatic heterocycles. The van der Waals surface area contributed by atoms with Crippen molar-refractivity contribution in [3.8, 4) is 0 Å². The zero-order valence-corrected chi connectivity index (χ0v) is 12.4. The van der Waals surface area contributed by atoms with Gasteiger partial charge in [0.1, 0.15) is 0 Å². The van der Waals surface area contributed by atoms with Gasteiger partial charge in [-0.15, -0.1) is 0 Å². The monoisotopic (exact) mass is 264 g/mol. The molecule has 0 aromatic carbocycles. The molecule has 5 heteroatoms. The molecule has 1 saturated heterocycles. The molecule has 5 nitrogen and oxygen atoms in total. The van der Waals surface area contributed by atoms with Gasteiger partial charge in [-0.1, -0.05) is 20.8 Å². The number of hydrogen-bond acceptors (Lipinski definition) is 3. The summed E-state index contributed by atoms with van der Waals surface area (Å²) >= 11 is 0. The first kappa shape index (κ1) is 13.9. The third-order valence-corrected chi connectivity index (χ3v) is 3.39. The van der Waals surface area contributed by atoms with Gasteiger partial charge in [-0.25, -0.2) is 4.98 Å². The number of imidazole rings is 1. The number of aromatic nitrogens is 2. The minimum Gasteiger partial charge on any atom is -0.339 e. The van der Waals surface area contributed by atoms with Crippen molar-refractivity contribution in [3.63, 3.8) is 0 Å². The molecule has 1 amide bonds. The maximum atomic E-state index is 12.2. The number of hydrogen-bond donors (Lipinski definition) is 0. The summed E-state index contributed by atoms with van der Waals surface area (Å²) < 4.78 is 2.02. The smallest absolute Gasteiger partial charge is 0.223 e. The third kappa shape index (κ3) is 3.49. The van der Waals surface area contributed by atoms with E-state index < -0.39 is 0 Å². The van der Waals surface area contributed by atoms with E-state index in [0.29, 0.717) is 6.42 Å². The van der Waals surface area contributed by atoms with Crippen molar-refractivity contribution >= 4 is 11.9 Å². The fraction of sp³-hybridized carbons (Fsp3) is 0.714. The van der Waals surface area contributed by atoms with Crippen LogP contribution in [0.1, 0.15) is 27.2 Å². The Kier molecular flexibility index (Phi) is 3.83. The summed E-state index contributed by atoms with van der Waals surface area (Å²) in [7, 11) is 2.00. The standard InChI is InChI=1S/C14H24N4O/c1-14(2,3)11-12(19)17-7-9-18(10-8-17)13-15-5-6-16(13)4/h5-6H,7-11H2,1-4H3. The van der Waals surface area contributed by atoms with Gasteiger partial charge >= 0.3 is 0 Å². The molecule has 0 aliphatic carbocycles. The van der Waals surface area contributed by atoms with Gasteiger partial charge in [0.05, 0.1) is 0 Å². The summed E-state index contributed by atoms with van der Waals surface area (Å²) in [6.07, 6.45) is 4.38. The Morgan fingerprint density at radius 1 is 1.26 bits per heavy atom. The molecule has 1 aromatic rings. The van der Waals surface area contributed by atoms with Crippen LogP contribution in [0.4, 0.5) is 5.95 Å². The van der Waals surface area contributed by atoms with E-state index in [1.165, 1.54) is 0 Å². The molecule has 0 bridgehead atoms. The van der Waals surface area contributed by atoms with Gasteiger partial charge in [0.2, 0.25) is 11.9 Å². The topological polar surface area (TPSA) is 41.4 Å². The Bertz CT molecular complexity index is 439. The summed E-state index contributed by atoms with van der Waals surface area (Å²) in [6.45, 7) is 9.63. The van der Waals surface area contributed by atoms with E-state index in [4.69, 9.17) is 0 Å². The number of anilines is 1. The zero-order chi connectivity index (χ0) is 14.0. The molecule has 0 saturated carbocycles. The van der Waals surface area contributed by atoms with Crippen LogP contribution in [0.3, 0.4) is 0 Å². The van der Waals surface area contributed by atoms with Crippen LogP contribution in [0, 0.1) is 5.41 Å². The molecule has 0 spiro atoms. The van der Waals surface area contributed by atoms with Crippen molar-refractivity contribution in [1.29, 1.82) is 0 Å². The number of aryl methyl sites for hydroxylation is 1. The SMILES string of the molecule is Cn1ccnc1N1CCN(C(=O)CC(C)(C)C)CC1.